The number of carbonyl (C=O) groups excluding carboxylic acids is 1. The molecule has 0 spiro atoms. The van der Waals surface area contributed by atoms with Crippen LogP contribution in [-0.4, -0.2) is 53.6 Å². The second-order valence-corrected chi connectivity index (χ2v) is 9.10. The van der Waals surface area contributed by atoms with Gasteiger partial charge in [-0.05, 0) is 43.5 Å². The highest BCUT2D eigenvalue weighted by Crippen LogP contribution is 2.33. The minimum atomic E-state index is -0.0588. The predicted molar refractivity (Wildman–Crippen MR) is 126 cm³/mol. The van der Waals surface area contributed by atoms with Gasteiger partial charge >= 0.3 is 0 Å². The number of nitrogens with zero attached hydrogens (tertiary/aromatic N) is 3. The molecule has 1 amide bonds. The van der Waals surface area contributed by atoms with Crippen LogP contribution in [0.2, 0.25) is 0 Å². The summed E-state index contributed by atoms with van der Waals surface area (Å²) in [5.41, 5.74) is 3.28. The Balaban J connectivity index is 1.48. The highest BCUT2D eigenvalue weighted by atomic mass is 32.1. The molecule has 8 heteroatoms. The van der Waals surface area contributed by atoms with Gasteiger partial charge in [-0.1, -0.05) is 12.1 Å². The van der Waals surface area contributed by atoms with Gasteiger partial charge < -0.3 is 15.4 Å². The van der Waals surface area contributed by atoms with Gasteiger partial charge in [-0.2, -0.15) is 0 Å². The molecule has 3 aromatic rings. The minimum absolute atomic E-state index is 0.0588. The molecule has 0 unspecified atom stereocenters. The maximum atomic E-state index is 11.2. The third kappa shape index (κ3) is 5.39. The quantitative estimate of drug-likeness (QED) is 0.584. The lowest BCUT2D eigenvalue weighted by molar-refractivity contribution is -0.114. The number of ether oxygens (including phenoxy) is 1. The Morgan fingerprint density at radius 2 is 1.90 bits per heavy atom. The predicted octanol–water partition coefficient (Wildman–Crippen LogP) is 3.75. The molecule has 1 aliphatic rings. The van der Waals surface area contributed by atoms with E-state index < -0.39 is 0 Å². The average Bonchev–Trinajstić information content (AvgIpc) is 3.03. The van der Waals surface area contributed by atoms with Crippen molar-refractivity contribution in [2.24, 2.45) is 0 Å². The molecule has 1 saturated heterocycles. The maximum Gasteiger partial charge on any atom is 0.221 e. The molecule has 0 aliphatic carbocycles. The number of thiophene rings is 1. The Kier molecular flexibility index (Phi) is 6.80. The van der Waals surface area contributed by atoms with E-state index in [0.717, 1.165) is 73.4 Å². The Morgan fingerprint density at radius 1 is 1.16 bits per heavy atom. The molecule has 1 aliphatic heterocycles. The first-order valence-electron chi connectivity index (χ1n) is 10.7. The number of anilines is 2. The van der Waals surface area contributed by atoms with Crippen molar-refractivity contribution in [2.75, 3.05) is 43.5 Å². The molecule has 0 radical (unpaired) electrons. The molecule has 4 rings (SSSR count). The van der Waals surface area contributed by atoms with Gasteiger partial charge in [0.1, 0.15) is 16.5 Å². The van der Waals surface area contributed by atoms with Gasteiger partial charge in [0.05, 0.1) is 25.1 Å². The number of hydrogen-bond acceptors (Lipinski definition) is 7. The standard InChI is InChI=1S/C23H29N5O2S/c1-15-16(2)31-23-21(15)22(26-20(27-23)14-28-10-12-30-13-11-28)24-9-8-18-4-6-19(7-5-18)25-17(3)29/h4-7H,8-14H2,1-3H3,(H,25,29)(H,24,26,27). The van der Waals surface area contributed by atoms with Crippen LogP contribution in [0.25, 0.3) is 10.2 Å². The third-order valence-corrected chi connectivity index (χ3v) is 6.63. The maximum absolute atomic E-state index is 11.2. The zero-order chi connectivity index (χ0) is 21.8. The first-order valence-corrected chi connectivity index (χ1v) is 11.5. The summed E-state index contributed by atoms with van der Waals surface area (Å²) in [7, 11) is 0. The van der Waals surface area contributed by atoms with Crippen molar-refractivity contribution in [3.05, 3.63) is 46.1 Å². The lowest BCUT2D eigenvalue weighted by atomic mass is 10.1. The average molecular weight is 440 g/mol. The number of amides is 1. The molecular formula is C23H29N5O2S. The molecule has 31 heavy (non-hydrogen) atoms. The monoisotopic (exact) mass is 439 g/mol. The first kappa shape index (κ1) is 21.7. The van der Waals surface area contributed by atoms with Gasteiger partial charge in [-0.15, -0.1) is 11.3 Å². The van der Waals surface area contributed by atoms with Crippen molar-refractivity contribution in [3.63, 3.8) is 0 Å². The summed E-state index contributed by atoms with van der Waals surface area (Å²) in [6, 6.07) is 7.97. The molecule has 0 atom stereocenters. The summed E-state index contributed by atoms with van der Waals surface area (Å²) in [6.07, 6.45) is 0.868. The summed E-state index contributed by atoms with van der Waals surface area (Å²) in [4.78, 5) is 25.6. The van der Waals surface area contributed by atoms with E-state index >= 15 is 0 Å². The number of morpholine rings is 1. The number of aryl methyl sites for hydroxylation is 2. The van der Waals surface area contributed by atoms with Crippen LogP contribution in [0.1, 0.15) is 28.8 Å². The van der Waals surface area contributed by atoms with Crippen LogP contribution in [0.15, 0.2) is 24.3 Å². The van der Waals surface area contributed by atoms with Crippen LogP contribution < -0.4 is 10.6 Å². The normalized spacial score (nSPS) is 14.7. The molecule has 2 N–H and O–H groups in total. The van der Waals surface area contributed by atoms with E-state index in [2.05, 4.69) is 29.4 Å². The van der Waals surface area contributed by atoms with Crippen molar-refractivity contribution in [2.45, 2.75) is 33.7 Å². The molecule has 0 bridgehead atoms. The Hall–Kier alpha value is -2.55. The fourth-order valence-corrected chi connectivity index (χ4v) is 4.78. The summed E-state index contributed by atoms with van der Waals surface area (Å²) in [6.45, 7) is 10.7. The number of rotatable bonds is 7. The zero-order valence-electron chi connectivity index (χ0n) is 18.3. The van der Waals surface area contributed by atoms with Gasteiger partial charge in [0.15, 0.2) is 0 Å². The number of fused-ring (bicyclic) bond motifs is 1. The molecule has 7 nitrogen and oxygen atoms in total. The van der Waals surface area contributed by atoms with E-state index in [1.807, 2.05) is 24.3 Å². The second kappa shape index (κ2) is 9.72. The van der Waals surface area contributed by atoms with Gasteiger partial charge in [0, 0.05) is 37.1 Å². The van der Waals surface area contributed by atoms with Gasteiger partial charge in [-0.3, -0.25) is 9.69 Å². The van der Waals surface area contributed by atoms with Crippen molar-refractivity contribution in [1.82, 2.24) is 14.9 Å². The molecule has 164 valence electrons. The lowest BCUT2D eigenvalue weighted by Crippen LogP contribution is -2.36. The van der Waals surface area contributed by atoms with E-state index in [0.29, 0.717) is 0 Å². The molecule has 1 aromatic carbocycles. The molecule has 3 heterocycles. The van der Waals surface area contributed by atoms with Crippen LogP contribution in [0.5, 0.6) is 0 Å². The van der Waals surface area contributed by atoms with Crippen molar-refractivity contribution >= 4 is 39.0 Å². The third-order valence-electron chi connectivity index (χ3n) is 5.52. The Labute approximate surface area is 186 Å². The van der Waals surface area contributed by atoms with Crippen molar-refractivity contribution < 1.29 is 9.53 Å². The highest BCUT2D eigenvalue weighted by molar-refractivity contribution is 7.18. The van der Waals surface area contributed by atoms with Crippen LogP contribution >= 0.6 is 11.3 Å². The van der Waals surface area contributed by atoms with Crippen molar-refractivity contribution in [3.8, 4) is 0 Å². The second-order valence-electron chi connectivity index (χ2n) is 7.90. The van der Waals surface area contributed by atoms with E-state index in [-0.39, 0.29) is 5.91 Å². The molecule has 0 saturated carbocycles. The van der Waals surface area contributed by atoms with E-state index in [4.69, 9.17) is 14.7 Å². The minimum Gasteiger partial charge on any atom is -0.379 e. The van der Waals surface area contributed by atoms with Crippen LogP contribution in [0.3, 0.4) is 0 Å². The summed E-state index contributed by atoms with van der Waals surface area (Å²) in [5, 5.41) is 7.49. The largest absolute Gasteiger partial charge is 0.379 e. The van der Waals surface area contributed by atoms with E-state index in [1.54, 1.807) is 11.3 Å². The molecular weight excluding hydrogens is 410 g/mol. The molecule has 1 fully saturated rings. The number of aromatic nitrogens is 2. The number of carbonyl (C=O) groups is 1. The Bertz CT molecular complexity index is 1060. The van der Waals surface area contributed by atoms with E-state index in [1.165, 1.54) is 22.9 Å². The van der Waals surface area contributed by atoms with E-state index in [9.17, 15) is 4.79 Å². The summed E-state index contributed by atoms with van der Waals surface area (Å²) >= 11 is 1.74. The van der Waals surface area contributed by atoms with Crippen molar-refractivity contribution in [1.29, 1.82) is 0 Å². The van der Waals surface area contributed by atoms with Gasteiger partial charge in [0.25, 0.3) is 0 Å². The Morgan fingerprint density at radius 3 is 2.61 bits per heavy atom. The van der Waals surface area contributed by atoms with Crippen LogP contribution in [-0.2, 0) is 22.5 Å². The van der Waals surface area contributed by atoms with Gasteiger partial charge in [0.2, 0.25) is 5.91 Å². The number of hydrogen-bond donors (Lipinski definition) is 2. The lowest BCUT2D eigenvalue weighted by Gasteiger charge is -2.25. The number of nitrogens with one attached hydrogen (secondary N) is 2. The number of benzene rings is 1. The van der Waals surface area contributed by atoms with Crippen LogP contribution in [0.4, 0.5) is 11.5 Å². The summed E-state index contributed by atoms with van der Waals surface area (Å²) in [5.74, 6) is 1.72. The SMILES string of the molecule is CC(=O)Nc1ccc(CCNc2nc(CN3CCOCC3)nc3sc(C)c(C)c23)cc1. The van der Waals surface area contributed by atoms with Crippen LogP contribution in [0, 0.1) is 13.8 Å². The smallest absolute Gasteiger partial charge is 0.221 e. The molecule has 2 aromatic heterocycles. The topological polar surface area (TPSA) is 79.4 Å². The first-order chi connectivity index (χ1) is 15.0. The summed E-state index contributed by atoms with van der Waals surface area (Å²) < 4.78 is 5.46. The highest BCUT2D eigenvalue weighted by Gasteiger charge is 2.17. The van der Waals surface area contributed by atoms with Gasteiger partial charge in [-0.25, -0.2) is 9.97 Å². The fourth-order valence-electron chi connectivity index (χ4n) is 3.73. The fraction of sp³-hybridized carbons (Fsp3) is 0.435. The zero-order valence-corrected chi connectivity index (χ0v) is 19.1.